The fraction of sp³-hybridized carbons (Fsp3) is 0.528. The number of nitrogens with zero attached hydrogens (tertiary/aromatic N) is 2. The standard InChI is InChI=1S/C28H41FN2O.C3H6.C2H6.C2H4.CH5N/c1-7-26(14-13-21(2)29)24(5)32-28(22(3)23(4)30-6)27-16-19-31(20-17-27)18-15-25-11-9-8-10-12-25;1-3-2;3*1-2/h8-14,24,27H,7,15-20H2,1-6H3;3H,1H2,2H3;1-2H3;1-2H2;2H2,1H3/b21-13+,26-14+,28-22+,30-23?;;;;. The lowest BCUT2D eigenvalue weighted by atomic mass is 9.91. The topological polar surface area (TPSA) is 50.8 Å². The lowest BCUT2D eigenvalue weighted by Crippen LogP contribution is -2.36. The van der Waals surface area contributed by atoms with Crippen molar-refractivity contribution in [2.75, 3.05) is 33.7 Å². The van der Waals surface area contributed by atoms with Gasteiger partial charge < -0.3 is 15.4 Å². The summed E-state index contributed by atoms with van der Waals surface area (Å²) in [6.45, 7) is 28.3. The van der Waals surface area contributed by atoms with Gasteiger partial charge in [0.2, 0.25) is 0 Å². The number of halogens is 1. The quantitative estimate of drug-likeness (QED) is 0.132. The minimum absolute atomic E-state index is 0.0960. The van der Waals surface area contributed by atoms with Gasteiger partial charge in [-0.25, -0.2) is 4.39 Å². The third-order valence-corrected chi connectivity index (χ3v) is 6.53. The van der Waals surface area contributed by atoms with Gasteiger partial charge in [-0.05, 0) is 97.7 Å². The molecule has 0 spiro atoms. The number of allylic oxidation sites excluding steroid dienone is 6. The first-order valence-electron chi connectivity index (χ1n) is 15.0. The van der Waals surface area contributed by atoms with E-state index in [1.807, 2.05) is 40.8 Å². The Morgan fingerprint density at radius 3 is 2.05 bits per heavy atom. The molecule has 1 aliphatic heterocycles. The van der Waals surface area contributed by atoms with Gasteiger partial charge in [0.15, 0.2) is 0 Å². The zero-order chi connectivity index (χ0) is 32.2. The fourth-order valence-electron chi connectivity index (χ4n) is 4.22. The normalized spacial score (nSPS) is 15.6. The van der Waals surface area contributed by atoms with Gasteiger partial charge in [0, 0.05) is 30.8 Å². The molecule has 234 valence electrons. The van der Waals surface area contributed by atoms with Crippen molar-refractivity contribution in [3.8, 4) is 0 Å². The number of nitrogens with two attached hydrogens (primary N) is 1. The smallest absolute Gasteiger partial charge is 0.117 e. The Morgan fingerprint density at radius 2 is 1.61 bits per heavy atom. The lowest BCUT2D eigenvalue weighted by molar-refractivity contribution is 0.0983. The van der Waals surface area contributed by atoms with Gasteiger partial charge in [-0.2, -0.15) is 0 Å². The molecule has 1 aromatic rings. The Bertz CT molecular complexity index is 891. The molecule has 1 atom stereocenters. The first kappa shape index (κ1) is 42.7. The van der Waals surface area contributed by atoms with Gasteiger partial charge in [-0.1, -0.05) is 63.3 Å². The van der Waals surface area contributed by atoms with Crippen molar-refractivity contribution in [1.82, 2.24) is 4.90 Å². The maximum atomic E-state index is 13.2. The maximum absolute atomic E-state index is 13.2. The molecule has 1 heterocycles. The van der Waals surface area contributed by atoms with E-state index < -0.39 is 0 Å². The average molecular weight is 572 g/mol. The van der Waals surface area contributed by atoms with E-state index in [2.05, 4.69) is 86.5 Å². The predicted molar refractivity (Wildman–Crippen MR) is 183 cm³/mol. The van der Waals surface area contributed by atoms with Crippen LogP contribution in [0.4, 0.5) is 4.39 Å². The van der Waals surface area contributed by atoms with Gasteiger partial charge >= 0.3 is 0 Å². The number of likely N-dealkylation sites (tertiary alicyclic amines) is 1. The zero-order valence-corrected chi connectivity index (χ0v) is 28.1. The number of hydrogen-bond donors (Lipinski definition) is 1. The van der Waals surface area contributed by atoms with Crippen LogP contribution in [0.25, 0.3) is 0 Å². The summed E-state index contributed by atoms with van der Waals surface area (Å²) >= 11 is 0. The number of piperidine rings is 1. The van der Waals surface area contributed by atoms with E-state index in [-0.39, 0.29) is 11.9 Å². The second kappa shape index (κ2) is 28.8. The van der Waals surface area contributed by atoms with E-state index in [0.717, 1.165) is 67.9 Å². The summed E-state index contributed by atoms with van der Waals surface area (Å²) in [5.74, 6) is 1.26. The SMILES string of the molecule is C=C.C=CC.CC.CC/C(=C\C=C(/C)F)C(C)O/C(=C(\C)C(C)=NC)C1CCN(CCc2ccccc2)CC1.CN. The third kappa shape index (κ3) is 19.1. The fourth-order valence-corrected chi connectivity index (χ4v) is 4.22. The van der Waals surface area contributed by atoms with Crippen LogP contribution in [0.2, 0.25) is 0 Å². The number of benzene rings is 1. The molecule has 0 aliphatic carbocycles. The van der Waals surface area contributed by atoms with E-state index >= 15 is 0 Å². The van der Waals surface area contributed by atoms with Gasteiger partial charge in [-0.3, -0.25) is 4.99 Å². The lowest BCUT2D eigenvalue weighted by Gasteiger charge is -2.35. The molecule has 1 unspecified atom stereocenters. The Labute approximate surface area is 253 Å². The van der Waals surface area contributed by atoms with Crippen molar-refractivity contribution in [3.05, 3.63) is 96.6 Å². The minimum atomic E-state index is -0.188. The van der Waals surface area contributed by atoms with E-state index in [1.165, 1.54) is 25.6 Å². The van der Waals surface area contributed by atoms with Gasteiger partial charge in [0.25, 0.3) is 0 Å². The van der Waals surface area contributed by atoms with Crippen LogP contribution in [-0.4, -0.2) is 50.4 Å². The van der Waals surface area contributed by atoms with Crippen molar-refractivity contribution >= 4 is 5.71 Å². The summed E-state index contributed by atoms with van der Waals surface area (Å²) in [5.41, 5.74) is 9.14. The number of hydrogen-bond acceptors (Lipinski definition) is 4. The molecule has 41 heavy (non-hydrogen) atoms. The molecule has 5 heteroatoms. The van der Waals surface area contributed by atoms with Crippen LogP contribution >= 0.6 is 0 Å². The number of rotatable bonds is 10. The van der Waals surface area contributed by atoms with Gasteiger partial charge in [0.05, 0.1) is 5.83 Å². The van der Waals surface area contributed by atoms with Crippen LogP contribution in [0.5, 0.6) is 0 Å². The highest BCUT2D eigenvalue weighted by Gasteiger charge is 2.27. The molecule has 0 bridgehead atoms. The Balaban J connectivity index is -0.00000144. The average Bonchev–Trinajstić information content (AvgIpc) is 3.02. The molecule has 0 radical (unpaired) electrons. The van der Waals surface area contributed by atoms with E-state index in [4.69, 9.17) is 4.74 Å². The third-order valence-electron chi connectivity index (χ3n) is 6.53. The van der Waals surface area contributed by atoms with Gasteiger partial charge in [0.1, 0.15) is 11.9 Å². The number of aliphatic imine (C=N–C) groups is 1. The van der Waals surface area contributed by atoms with Crippen LogP contribution in [0.15, 0.2) is 96.0 Å². The van der Waals surface area contributed by atoms with E-state index in [1.54, 1.807) is 6.08 Å². The molecule has 0 aromatic heterocycles. The Kier molecular flexibility index (Phi) is 30.0. The molecule has 2 rings (SSSR count). The predicted octanol–water partition coefficient (Wildman–Crippen LogP) is 9.52. The van der Waals surface area contributed by atoms with Crippen molar-refractivity contribution in [2.24, 2.45) is 16.6 Å². The summed E-state index contributed by atoms with van der Waals surface area (Å²) in [6, 6.07) is 10.7. The van der Waals surface area contributed by atoms with Crippen molar-refractivity contribution in [3.63, 3.8) is 0 Å². The molecule has 4 nitrogen and oxygen atoms in total. The van der Waals surface area contributed by atoms with E-state index in [9.17, 15) is 4.39 Å². The molecular formula is C36H62FN3O. The van der Waals surface area contributed by atoms with Crippen LogP contribution in [0, 0.1) is 5.92 Å². The molecular weight excluding hydrogens is 509 g/mol. The summed E-state index contributed by atoms with van der Waals surface area (Å²) in [4.78, 5) is 6.97. The van der Waals surface area contributed by atoms with Crippen molar-refractivity contribution in [1.29, 1.82) is 0 Å². The summed E-state index contributed by atoms with van der Waals surface area (Å²) in [6.07, 6.45) is 9.13. The molecule has 1 aliphatic rings. The van der Waals surface area contributed by atoms with Crippen LogP contribution in [0.1, 0.15) is 80.2 Å². The molecule has 1 fully saturated rings. The first-order chi connectivity index (χ1) is 19.8. The highest BCUT2D eigenvalue weighted by atomic mass is 19.1. The number of ether oxygens (including phenoxy) is 1. The van der Waals surface area contributed by atoms with E-state index in [0.29, 0.717) is 5.92 Å². The molecule has 0 amide bonds. The summed E-state index contributed by atoms with van der Waals surface area (Å²) in [5, 5.41) is 0. The molecule has 0 saturated carbocycles. The zero-order valence-electron chi connectivity index (χ0n) is 28.1. The maximum Gasteiger partial charge on any atom is 0.117 e. The molecule has 1 saturated heterocycles. The summed E-state index contributed by atoms with van der Waals surface area (Å²) in [7, 11) is 3.33. The second-order valence-corrected chi connectivity index (χ2v) is 9.17. The highest BCUT2D eigenvalue weighted by molar-refractivity contribution is 5.98. The monoisotopic (exact) mass is 571 g/mol. The minimum Gasteiger partial charge on any atom is -0.490 e. The van der Waals surface area contributed by atoms with Crippen molar-refractivity contribution in [2.45, 2.75) is 87.2 Å². The van der Waals surface area contributed by atoms with Crippen LogP contribution in [0.3, 0.4) is 0 Å². The molecule has 2 N–H and O–H groups in total. The Morgan fingerprint density at radius 1 is 1.10 bits per heavy atom. The first-order valence-corrected chi connectivity index (χ1v) is 15.0. The largest absolute Gasteiger partial charge is 0.490 e. The summed E-state index contributed by atoms with van der Waals surface area (Å²) < 4.78 is 19.8. The Hall–Kier alpha value is -2.76. The van der Waals surface area contributed by atoms with Crippen molar-refractivity contribution < 1.29 is 9.13 Å². The highest BCUT2D eigenvalue weighted by Crippen LogP contribution is 2.31. The van der Waals surface area contributed by atoms with Crippen LogP contribution in [-0.2, 0) is 11.2 Å². The van der Waals surface area contributed by atoms with Gasteiger partial charge in [-0.15, -0.1) is 19.7 Å². The molecule has 1 aromatic carbocycles. The second-order valence-electron chi connectivity index (χ2n) is 9.17. The van der Waals surface area contributed by atoms with Crippen LogP contribution < -0.4 is 5.73 Å².